The van der Waals surface area contributed by atoms with Crippen LogP contribution < -0.4 is 0 Å². The van der Waals surface area contributed by atoms with E-state index in [1.165, 1.54) is 39.0 Å². The molecule has 0 saturated heterocycles. The van der Waals surface area contributed by atoms with Gasteiger partial charge in [-0.05, 0) is 49.4 Å². The molecule has 8 heteroatoms. The minimum absolute atomic E-state index is 0.00771. The van der Waals surface area contributed by atoms with Crippen molar-refractivity contribution in [3.63, 3.8) is 0 Å². The van der Waals surface area contributed by atoms with Crippen LogP contribution in [0.4, 0.5) is 26.3 Å². The van der Waals surface area contributed by atoms with Crippen molar-refractivity contribution in [3.05, 3.63) is 0 Å². The smallest absolute Gasteiger partial charge is 0.341 e. The molecule has 0 aromatic carbocycles. The van der Waals surface area contributed by atoms with E-state index in [1.54, 1.807) is 0 Å². The second kappa shape index (κ2) is 12.8. The van der Waals surface area contributed by atoms with Crippen LogP contribution in [0.5, 0.6) is 0 Å². The molecule has 0 radical (unpaired) electrons. The summed E-state index contributed by atoms with van der Waals surface area (Å²) in [5, 5.41) is 0. The molecule has 0 aromatic heterocycles. The summed E-state index contributed by atoms with van der Waals surface area (Å²) in [5.74, 6) is 0.849. The van der Waals surface area contributed by atoms with E-state index in [0.29, 0.717) is 18.3 Å². The van der Waals surface area contributed by atoms with Crippen molar-refractivity contribution in [2.24, 2.45) is 29.6 Å². The Morgan fingerprint density at radius 2 is 1.28 bits per heavy atom. The Hall–Kier alpha value is -0.500. The van der Waals surface area contributed by atoms with Gasteiger partial charge in [-0.3, -0.25) is 0 Å². The van der Waals surface area contributed by atoms with Crippen LogP contribution in [0.3, 0.4) is 0 Å². The topological polar surface area (TPSA) is 18.5 Å². The normalized spacial score (nSPS) is 23.4. The molecule has 0 aromatic rings. The molecule has 1 aliphatic carbocycles. The highest BCUT2D eigenvalue weighted by molar-refractivity contribution is 4.87. The molecule has 0 spiro atoms. The Morgan fingerprint density at radius 3 is 1.75 bits per heavy atom. The highest BCUT2D eigenvalue weighted by Crippen LogP contribution is 2.46. The van der Waals surface area contributed by atoms with Gasteiger partial charge < -0.3 is 9.47 Å². The van der Waals surface area contributed by atoms with E-state index in [9.17, 15) is 26.3 Å². The molecule has 32 heavy (non-hydrogen) atoms. The number of hydrogen-bond donors (Lipinski definition) is 0. The third kappa shape index (κ3) is 12.7. The third-order valence-electron chi connectivity index (χ3n) is 6.89. The maximum Gasteiger partial charge on any atom is 0.411 e. The average Bonchev–Trinajstić information content (AvgIpc) is 2.65. The van der Waals surface area contributed by atoms with Gasteiger partial charge in [0.15, 0.2) is 5.79 Å². The van der Waals surface area contributed by atoms with Gasteiger partial charge >= 0.3 is 12.4 Å². The fraction of sp³-hybridized carbons (Fsp3) is 1.00. The lowest BCUT2D eigenvalue weighted by molar-refractivity contribution is -0.307. The molecule has 1 fully saturated rings. The Kier molecular flexibility index (Phi) is 11.8. The summed E-state index contributed by atoms with van der Waals surface area (Å²) in [4.78, 5) is 0. The van der Waals surface area contributed by atoms with Crippen molar-refractivity contribution in [3.8, 4) is 0 Å². The third-order valence-corrected chi connectivity index (χ3v) is 6.89. The van der Waals surface area contributed by atoms with Crippen molar-refractivity contribution in [1.29, 1.82) is 0 Å². The summed E-state index contributed by atoms with van der Waals surface area (Å²) < 4.78 is 84.7. The first kappa shape index (κ1) is 29.5. The highest BCUT2D eigenvalue weighted by atomic mass is 19.4. The monoisotopic (exact) mass is 476 g/mol. The minimum Gasteiger partial charge on any atom is -0.341 e. The molecule has 1 aliphatic rings. The fourth-order valence-corrected chi connectivity index (χ4v) is 4.62. The summed E-state index contributed by atoms with van der Waals surface area (Å²) in [6.45, 7) is 6.84. The quantitative estimate of drug-likeness (QED) is 0.174. The molecule has 0 N–H and O–H groups in total. The molecule has 0 amide bonds. The zero-order valence-corrected chi connectivity index (χ0v) is 20.2. The van der Waals surface area contributed by atoms with Crippen LogP contribution in [0.2, 0.25) is 0 Å². The molecule has 0 heterocycles. The first-order chi connectivity index (χ1) is 14.6. The average molecular weight is 477 g/mol. The molecule has 4 atom stereocenters. The molecule has 0 aliphatic heterocycles. The van der Waals surface area contributed by atoms with Crippen LogP contribution in [-0.4, -0.2) is 31.4 Å². The number of ether oxygens (including phenoxy) is 2. The van der Waals surface area contributed by atoms with Crippen molar-refractivity contribution in [2.45, 2.75) is 111 Å². The molecular weight excluding hydrogens is 434 g/mol. The second-order valence-electron chi connectivity index (χ2n) is 10.5. The molecular formula is C24H42F6O2. The lowest BCUT2D eigenvalue weighted by Crippen LogP contribution is -2.41. The Labute approximate surface area is 189 Å². The predicted octanol–water partition coefficient (Wildman–Crippen LogP) is 8.55. The van der Waals surface area contributed by atoms with Gasteiger partial charge in [-0.15, -0.1) is 0 Å². The van der Waals surface area contributed by atoms with Crippen LogP contribution in [0.25, 0.3) is 0 Å². The maximum atomic E-state index is 12.5. The fourth-order valence-electron chi connectivity index (χ4n) is 4.62. The summed E-state index contributed by atoms with van der Waals surface area (Å²) in [7, 11) is 0. The first-order valence-electron chi connectivity index (χ1n) is 12.0. The first-order valence-corrected chi connectivity index (χ1v) is 12.0. The van der Waals surface area contributed by atoms with E-state index in [0.717, 1.165) is 24.7 Å². The number of hydrogen-bond acceptors (Lipinski definition) is 2. The number of halogens is 6. The van der Waals surface area contributed by atoms with Gasteiger partial charge in [0, 0.05) is 6.42 Å². The lowest BCUT2D eigenvalue weighted by Gasteiger charge is -2.45. The zero-order chi connectivity index (χ0) is 24.6. The highest BCUT2D eigenvalue weighted by Gasteiger charge is 2.41. The van der Waals surface area contributed by atoms with Crippen molar-refractivity contribution >= 4 is 0 Å². The number of alkyl halides is 6. The lowest BCUT2D eigenvalue weighted by atomic mass is 9.62. The molecule has 4 unspecified atom stereocenters. The predicted molar refractivity (Wildman–Crippen MR) is 114 cm³/mol. The Morgan fingerprint density at radius 1 is 0.781 bits per heavy atom. The van der Waals surface area contributed by atoms with Gasteiger partial charge in [0.1, 0.15) is 13.2 Å². The zero-order valence-electron chi connectivity index (χ0n) is 20.2. The van der Waals surface area contributed by atoms with Crippen molar-refractivity contribution in [1.82, 2.24) is 0 Å². The van der Waals surface area contributed by atoms with Gasteiger partial charge in [0.25, 0.3) is 0 Å². The van der Waals surface area contributed by atoms with Crippen LogP contribution in [0.15, 0.2) is 0 Å². The van der Waals surface area contributed by atoms with Crippen molar-refractivity contribution < 1.29 is 35.8 Å². The van der Waals surface area contributed by atoms with E-state index >= 15 is 0 Å². The number of rotatable bonds is 15. The Bertz CT molecular complexity index is 500. The van der Waals surface area contributed by atoms with E-state index in [4.69, 9.17) is 9.47 Å². The van der Waals surface area contributed by atoms with Crippen LogP contribution in [0, 0.1) is 29.6 Å². The van der Waals surface area contributed by atoms with Crippen LogP contribution in [-0.2, 0) is 9.47 Å². The minimum atomic E-state index is -4.62. The summed E-state index contributed by atoms with van der Waals surface area (Å²) in [6, 6.07) is 0. The standard InChI is InChI=1S/C24H42F6O2/c1-17(2)8-6-9-18(3)10-7-11-20-14-21(19(20)4)12-13-22(5,31-15-23(25,26)27)32-16-24(28,29)30/h17-21H,6-16H2,1-5H3. The SMILES string of the molecule is CC(C)CCCC(C)CCCC1CC(CCC(C)(OCC(F)(F)F)OCC(F)(F)F)C1C. The summed E-state index contributed by atoms with van der Waals surface area (Å²) in [6.07, 6.45) is -0.454. The Balaban J connectivity index is 2.38. The van der Waals surface area contributed by atoms with Crippen molar-refractivity contribution in [2.75, 3.05) is 13.2 Å². The van der Waals surface area contributed by atoms with Gasteiger partial charge in [-0.2, -0.15) is 26.3 Å². The van der Waals surface area contributed by atoms with Gasteiger partial charge in [0.05, 0.1) is 0 Å². The second-order valence-corrected chi connectivity index (χ2v) is 10.5. The summed E-state index contributed by atoms with van der Waals surface area (Å²) in [5.41, 5.74) is 0. The van der Waals surface area contributed by atoms with Gasteiger partial charge in [-0.25, -0.2) is 0 Å². The maximum absolute atomic E-state index is 12.5. The largest absolute Gasteiger partial charge is 0.411 e. The summed E-state index contributed by atoms with van der Waals surface area (Å²) >= 11 is 0. The molecule has 2 nitrogen and oxygen atoms in total. The molecule has 0 bridgehead atoms. The van der Waals surface area contributed by atoms with E-state index in [2.05, 4.69) is 27.7 Å². The van der Waals surface area contributed by atoms with E-state index in [-0.39, 0.29) is 12.3 Å². The van der Waals surface area contributed by atoms with Gasteiger partial charge in [-0.1, -0.05) is 66.2 Å². The van der Waals surface area contributed by atoms with Crippen LogP contribution in [0.1, 0.15) is 92.4 Å². The van der Waals surface area contributed by atoms with Crippen LogP contribution >= 0.6 is 0 Å². The molecule has 1 saturated carbocycles. The molecule has 192 valence electrons. The molecule has 1 rings (SSSR count). The van der Waals surface area contributed by atoms with Gasteiger partial charge in [0.2, 0.25) is 0 Å². The van der Waals surface area contributed by atoms with E-state index < -0.39 is 31.4 Å². The van der Waals surface area contributed by atoms with E-state index in [1.807, 2.05) is 0 Å².